The lowest BCUT2D eigenvalue weighted by Gasteiger charge is -2.28. The van der Waals surface area contributed by atoms with Crippen LogP contribution in [0.25, 0.3) is 0 Å². The molecule has 0 aliphatic carbocycles. The second kappa shape index (κ2) is 6.86. The Morgan fingerprint density at radius 1 is 1.24 bits per heavy atom. The number of hydrazine groups is 1. The summed E-state index contributed by atoms with van der Waals surface area (Å²) in [6, 6.07) is 0.564. The van der Waals surface area contributed by atoms with Crippen LogP contribution in [0.2, 0.25) is 0 Å². The van der Waals surface area contributed by atoms with Crippen molar-refractivity contribution >= 4 is 17.8 Å². The molecular formula is C13H26N8. The van der Waals surface area contributed by atoms with Gasteiger partial charge in [-0.05, 0) is 25.9 Å². The van der Waals surface area contributed by atoms with Crippen molar-refractivity contribution in [2.24, 2.45) is 5.84 Å². The number of hydrogen-bond acceptors (Lipinski definition) is 8. The van der Waals surface area contributed by atoms with E-state index in [0.29, 0.717) is 23.9 Å². The summed E-state index contributed by atoms with van der Waals surface area (Å²) >= 11 is 0. The maximum atomic E-state index is 5.45. The molecule has 1 aliphatic heterocycles. The fourth-order valence-corrected chi connectivity index (χ4v) is 2.71. The summed E-state index contributed by atoms with van der Waals surface area (Å²) in [7, 11) is 5.81. The minimum Gasteiger partial charge on any atom is -0.347 e. The van der Waals surface area contributed by atoms with E-state index in [2.05, 4.69) is 37.1 Å². The third kappa shape index (κ3) is 3.70. The van der Waals surface area contributed by atoms with E-state index < -0.39 is 0 Å². The number of nitrogens with one attached hydrogen (secondary N) is 1. The van der Waals surface area contributed by atoms with Crippen LogP contribution in [0, 0.1) is 0 Å². The van der Waals surface area contributed by atoms with Crippen molar-refractivity contribution < 1.29 is 0 Å². The Labute approximate surface area is 126 Å². The van der Waals surface area contributed by atoms with E-state index in [1.54, 1.807) is 0 Å². The first kappa shape index (κ1) is 15.7. The molecule has 1 aromatic heterocycles. The van der Waals surface area contributed by atoms with Gasteiger partial charge >= 0.3 is 0 Å². The van der Waals surface area contributed by atoms with Crippen LogP contribution >= 0.6 is 0 Å². The second-order valence-corrected chi connectivity index (χ2v) is 5.60. The van der Waals surface area contributed by atoms with Crippen LogP contribution < -0.4 is 21.1 Å². The molecule has 0 spiro atoms. The summed E-state index contributed by atoms with van der Waals surface area (Å²) in [5.74, 6) is 7.07. The van der Waals surface area contributed by atoms with E-state index in [4.69, 9.17) is 5.84 Å². The third-order valence-corrected chi connectivity index (χ3v) is 3.87. The van der Waals surface area contributed by atoms with E-state index in [1.165, 1.54) is 19.4 Å². The van der Waals surface area contributed by atoms with Gasteiger partial charge in [0.25, 0.3) is 0 Å². The Bertz CT molecular complexity index is 463. The van der Waals surface area contributed by atoms with Crippen LogP contribution in [0.5, 0.6) is 0 Å². The number of nitrogens with two attached hydrogens (primary N) is 1. The third-order valence-electron chi connectivity index (χ3n) is 3.87. The Morgan fingerprint density at radius 2 is 1.95 bits per heavy atom. The fourth-order valence-electron chi connectivity index (χ4n) is 2.71. The molecule has 8 nitrogen and oxygen atoms in total. The molecule has 1 aliphatic rings. The molecule has 2 heterocycles. The van der Waals surface area contributed by atoms with Crippen LogP contribution in [0.15, 0.2) is 0 Å². The highest BCUT2D eigenvalue weighted by Gasteiger charge is 2.25. The number of aromatic nitrogens is 3. The van der Waals surface area contributed by atoms with E-state index in [9.17, 15) is 0 Å². The molecule has 1 atom stereocenters. The molecule has 1 unspecified atom stereocenters. The Morgan fingerprint density at radius 3 is 2.57 bits per heavy atom. The van der Waals surface area contributed by atoms with Crippen molar-refractivity contribution in [3.05, 3.63) is 0 Å². The Balaban J connectivity index is 2.14. The molecule has 1 saturated heterocycles. The van der Waals surface area contributed by atoms with Crippen LogP contribution in [0.1, 0.15) is 19.8 Å². The summed E-state index contributed by atoms with van der Waals surface area (Å²) in [4.78, 5) is 19.5. The van der Waals surface area contributed by atoms with Gasteiger partial charge in [-0.1, -0.05) is 6.92 Å². The first-order chi connectivity index (χ1) is 10.0. The maximum Gasteiger partial charge on any atom is 0.243 e. The Kier molecular flexibility index (Phi) is 5.13. The molecule has 0 amide bonds. The van der Waals surface area contributed by atoms with Gasteiger partial charge in [-0.3, -0.25) is 10.3 Å². The van der Waals surface area contributed by atoms with Crippen molar-refractivity contribution in [2.45, 2.75) is 25.8 Å². The fraction of sp³-hybridized carbons (Fsp3) is 0.769. The van der Waals surface area contributed by atoms with Gasteiger partial charge < -0.3 is 9.80 Å². The van der Waals surface area contributed by atoms with E-state index >= 15 is 0 Å². The summed E-state index contributed by atoms with van der Waals surface area (Å²) in [6.07, 6.45) is 2.49. The van der Waals surface area contributed by atoms with E-state index in [-0.39, 0.29) is 0 Å². The van der Waals surface area contributed by atoms with Crippen molar-refractivity contribution in [3.63, 3.8) is 0 Å². The van der Waals surface area contributed by atoms with Crippen molar-refractivity contribution in [1.29, 1.82) is 0 Å². The predicted molar refractivity (Wildman–Crippen MR) is 85.5 cm³/mol. The lowest BCUT2D eigenvalue weighted by Crippen LogP contribution is -2.39. The quantitative estimate of drug-likeness (QED) is 0.566. The van der Waals surface area contributed by atoms with Gasteiger partial charge in [0.05, 0.1) is 0 Å². The largest absolute Gasteiger partial charge is 0.347 e. The lowest BCUT2D eigenvalue weighted by molar-refractivity contribution is 0.270. The van der Waals surface area contributed by atoms with Gasteiger partial charge in [-0.25, -0.2) is 5.84 Å². The standard InChI is InChI=1S/C13H26N8/c1-5-21-8-6-7-10(21)9-20(4)13-16-11(18-14)15-12(17-13)19(2)3/h10H,5-9,14H2,1-4H3,(H,15,16,17,18). The molecule has 118 valence electrons. The maximum absolute atomic E-state index is 5.45. The second-order valence-electron chi connectivity index (χ2n) is 5.60. The summed E-state index contributed by atoms with van der Waals surface area (Å²) < 4.78 is 0. The molecular weight excluding hydrogens is 268 g/mol. The van der Waals surface area contributed by atoms with Crippen molar-refractivity contribution in [1.82, 2.24) is 19.9 Å². The smallest absolute Gasteiger partial charge is 0.243 e. The molecule has 3 N–H and O–H groups in total. The summed E-state index contributed by atoms with van der Waals surface area (Å²) in [5, 5.41) is 0. The first-order valence-electron chi connectivity index (χ1n) is 7.40. The normalized spacial score (nSPS) is 18.8. The summed E-state index contributed by atoms with van der Waals surface area (Å²) in [6.45, 7) is 5.40. The number of likely N-dealkylation sites (tertiary alicyclic amines) is 1. The lowest BCUT2D eigenvalue weighted by atomic mass is 10.2. The molecule has 2 rings (SSSR count). The molecule has 21 heavy (non-hydrogen) atoms. The van der Waals surface area contributed by atoms with Gasteiger partial charge in [0.1, 0.15) is 0 Å². The van der Waals surface area contributed by atoms with Gasteiger partial charge in [0, 0.05) is 33.7 Å². The molecule has 1 fully saturated rings. The SMILES string of the molecule is CCN1CCCC1CN(C)c1nc(NN)nc(N(C)C)n1. The van der Waals surface area contributed by atoms with Gasteiger partial charge in [0.15, 0.2) is 0 Å². The molecule has 1 aromatic rings. The number of rotatable bonds is 6. The van der Waals surface area contributed by atoms with Crippen LogP contribution in [0.4, 0.5) is 17.8 Å². The minimum absolute atomic E-state index is 0.384. The van der Waals surface area contributed by atoms with Crippen LogP contribution in [0.3, 0.4) is 0 Å². The van der Waals surface area contributed by atoms with Gasteiger partial charge in [-0.2, -0.15) is 15.0 Å². The van der Waals surface area contributed by atoms with Crippen molar-refractivity contribution in [3.8, 4) is 0 Å². The topological polar surface area (TPSA) is 86.4 Å². The molecule has 0 saturated carbocycles. The van der Waals surface area contributed by atoms with Gasteiger partial charge in [-0.15, -0.1) is 0 Å². The molecule has 0 aromatic carbocycles. The number of likely N-dealkylation sites (N-methyl/N-ethyl adjacent to an activating group) is 2. The zero-order valence-corrected chi connectivity index (χ0v) is 13.4. The molecule has 0 bridgehead atoms. The average Bonchev–Trinajstić information content (AvgIpc) is 2.93. The highest BCUT2D eigenvalue weighted by atomic mass is 15.4. The molecule has 8 heteroatoms. The monoisotopic (exact) mass is 294 g/mol. The number of nitrogens with zero attached hydrogens (tertiary/aromatic N) is 6. The zero-order valence-electron chi connectivity index (χ0n) is 13.4. The van der Waals surface area contributed by atoms with Crippen molar-refractivity contribution in [2.75, 3.05) is 56.0 Å². The minimum atomic E-state index is 0.384. The predicted octanol–water partition coefficient (Wildman–Crippen LogP) is 0.144. The zero-order chi connectivity index (χ0) is 15.4. The van der Waals surface area contributed by atoms with E-state index in [1.807, 2.05) is 26.0 Å². The van der Waals surface area contributed by atoms with Crippen LogP contribution in [-0.2, 0) is 0 Å². The summed E-state index contributed by atoms with van der Waals surface area (Å²) in [5.41, 5.74) is 2.51. The highest BCUT2D eigenvalue weighted by Crippen LogP contribution is 2.20. The number of nitrogen functional groups attached to an aromatic ring is 1. The molecule has 0 radical (unpaired) electrons. The number of anilines is 3. The average molecular weight is 294 g/mol. The van der Waals surface area contributed by atoms with E-state index in [0.717, 1.165) is 13.1 Å². The Hall–Kier alpha value is -1.67. The number of hydrogen-bond donors (Lipinski definition) is 2. The highest BCUT2D eigenvalue weighted by molar-refractivity contribution is 5.43. The first-order valence-corrected chi connectivity index (χ1v) is 7.40. The van der Waals surface area contributed by atoms with Gasteiger partial charge in [0.2, 0.25) is 17.8 Å². The van der Waals surface area contributed by atoms with Crippen LogP contribution in [-0.4, -0.2) is 66.7 Å².